The summed E-state index contributed by atoms with van der Waals surface area (Å²) in [5.41, 5.74) is 0. The Morgan fingerprint density at radius 1 is 0.429 bits per heavy atom. The first kappa shape index (κ1) is 495. The topological polar surface area (TPSA) is 156 Å². The zero-order chi connectivity index (χ0) is 0. The van der Waals surface area contributed by atoms with Crippen LogP contribution in [0.5, 0.6) is 0 Å². The Bertz CT molecular complexity index is 10.9. The molecule has 7 heavy (non-hydrogen) atoms. The third-order valence-corrected chi connectivity index (χ3v) is 0. The van der Waals surface area contributed by atoms with Crippen molar-refractivity contribution in [1.29, 1.82) is 0 Å². The van der Waals surface area contributed by atoms with Gasteiger partial charge in [-0.25, -0.2) is 0 Å². The van der Waals surface area contributed by atoms with Crippen molar-refractivity contribution in [2.24, 2.45) is 0 Å². The summed E-state index contributed by atoms with van der Waals surface area (Å²) in [6.07, 6.45) is 0. The largest absolute Gasteiger partial charge is 3.00 e. The molecular weight excluding hydrogens is 180 g/mol. The van der Waals surface area contributed by atoms with E-state index in [4.69, 9.17) is 0 Å². The normalized spacial score (nSPS) is 0. The smallest absolute Gasteiger partial charge is 2.00 e. The Hall–Kier alpha value is 0.865. The monoisotopic (exact) mass is 186 g/mol. The van der Waals surface area contributed by atoms with Crippen LogP contribution in [0.2, 0.25) is 0 Å². The Morgan fingerprint density at radius 2 is 0.429 bits per heavy atom. The Labute approximate surface area is 63.8 Å². The van der Waals surface area contributed by atoms with Gasteiger partial charge in [-0.2, -0.15) is 0 Å². The molecule has 0 rings (SSSR count). The SMILES string of the molecule is N.N.[Cr+3].[Cr+3].[O-2].[O-2].[O-2]. The molecule has 0 aromatic rings. The molecule has 0 aliphatic rings. The van der Waals surface area contributed by atoms with E-state index in [1.165, 1.54) is 0 Å². The first-order valence-corrected chi connectivity index (χ1v) is 0. The van der Waals surface area contributed by atoms with Gasteiger partial charge >= 0.3 is 34.7 Å². The summed E-state index contributed by atoms with van der Waals surface area (Å²) >= 11 is 0. The van der Waals surface area contributed by atoms with Crippen molar-refractivity contribution in [3.05, 3.63) is 0 Å². The van der Waals surface area contributed by atoms with Crippen LogP contribution in [0.1, 0.15) is 0 Å². The van der Waals surface area contributed by atoms with E-state index in [-0.39, 0.29) is 63.5 Å². The van der Waals surface area contributed by atoms with Crippen LogP contribution in [-0.4, -0.2) is 0 Å². The van der Waals surface area contributed by atoms with Gasteiger partial charge < -0.3 is 28.7 Å². The van der Waals surface area contributed by atoms with Crippen molar-refractivity contribution >= 4 is 0 Å². The molecule has 6 N–H and O–H groups in total. The quantitative estimate of drug-likeness (QED) is 0.544. The van der Waals surface area contributed by atoms with E-state index < -0.39 is 0 Å². The van der Waals surface area contributed by atoms with E-state index in [1.54, 1.807) is 0 Å². The second-order valence-electron chi connectivity index (χ2n) is 0. The summed E-state index contributed by atoms with van der Waals surface area (Å²) in [7, 11) is 0. The van der Waals surface area contributed by atoms with Crippen LogP contribution in [-0.2, 0) is 51.2 Å². The van der Waals surface area contributed by atoms with Crippen molar-refractivity contribution in [2.75, 3.05) is 0 Å². The summed E-state index contributed by atoms with van der Waals surface area (Å²) in [5.74, 6) is 0. The van der Waals surface area contributed by atoms with Gasteiger partial charge in [0.2, 0.25) is 0 Å². The van der Waals surface area contributed by atoms with Crippen LogP contribution in [0, 0.1) is 0 Å². The van der Waals surface area contributed by atoms with Gasteiger partial charge in [0.05, 0.1) is 0 Å². The zero-order valence-corrected chi connectivity index (χ0v) is 6.01. The van der Waals surface area contributed by atoms with Gasteiger partial charge in [-0.05, 0) is 0 Å². The number of hydrogen-bond acceptors (Lipinski definition) is 2. The maximum absolute atomic E-state index is 0. The molecule has 0 aliphatic carbocycles. The predicted octanol–water partition coefficient (Wildman–Crippen LogP) is -0.0374. The molecule has 0 heterocycles. The second-order valence-corrected chi connectivity index (χ2v) is 0. The average Bonchev–Trinajstić information content (AvgIpc) is 0. The Balaban J connectivity index is 0. The molecule has 0 atom stereocenters. The molecule has 0 fully saturated rings. The summed E-state index contributed by atoms with van der Waals surface area (Å²) in [6, 6.07) is 0. The minimum Gasteiger partial charge on any atom is -2.00 e. The van der Waals surface area contributed by atoms with E-state index >= 15 is 0 Å². The fraction of sp³-hybridized carbons (Fsp3) is 0. The maximum Gasteiger partial charge on any atom is 3.00 e. The van der Waals surface area contributed by atoms with E-state index in [1.807, 2.05) is 0 Å². The van der Waals surface area contributed by atoms with Crippen LogP contribution >= 0.6 is 0 Å². The van der Waals surface area contributed by atoms with Gasteiger partial charge in [0.15, 0.2) is 0 Å². The van der Waals surface area contributed by atoms with E-state index in [2.05, 4.69) is 0 Å². The van der Waals surface area contributed by atoms with E-state index in [0.717, 1.165) is 0 Å². The molecule has 2 radical (unpaired) electrons. The van der Waals surface area contributed by atoms with Gasteiger partial charge in [-0.3, -0.25) is 0 Å². The first-order valence-electron chi connectivity index (χ1n) is 0. The molecule has 7 heteroatoms. The van der Waals surface area contributed by atoms with Gasteiger partial charge in [0, 0.05) is 0 Å². The van der Waals surface area contributed by atoms with E-state index in [9.17, 15) is 0 Å². The van der Waals surface area contributed by atoms with Crippen LogP contribution in [0.3, 0.4) is 0 Å². The molecular formula is H6Cr2N2O3. The Morgan fingerprint density at radius 3 is 0.429 bits per heavy atom. The predicted molar refractivity (Wildman–Crippen MR) is 12.1 cm³/mol. The van der Waals surface area contributed by atoms with Crippen molar-refractivity contribution in [2.45, 2.75) is 0 Å². The number of hydrogen-bond donors (Lipinski definition) is 2. The molecule has 0 bridgehead atoms. The van der Waals surface area contributed by atoms with Crippen molar-refractivity contribution < 1.29 is 51.2 Å². The second kappa shape index (κ2) is 316. The molecule has 0 spiro atoms. The van der Waals surface area contributed by atoms with Crippen molar-refractivity contribution in [3.63, 3.8) is 0 Å². The summed E-state index contributed by atoms with van der Waals surface area (Å²) in [5, 5.41) is 0. The maximum atomic E-state index is 0. The third kappa shape index (κ3) is 217. The Kier molecular flexibility index (Phi) is 22300. The standard InChI is InChI=1S/2Cr.2H3N.3O/h;;2*1H3;;;/q2*+3;;;3*-2. The average molecular weight is 186 g/mol. The van der Waals surface area contributed by atoms with Gasteiger partial charge in [-0.15, -0.1) is 0 Å². The summed E-state index contributed by atoms with van der Waals surface area (Å²) in [4.78, 5) is 0. The summed E-state index contributed by atoms with van der Waals surface area (Å²) < 4.78 is 0. The summed E-state index contributed by atoms with van der Waals surface area (Å²) in [6.45, 7) is 0. The number of rotatable bonds is 0. The molecule has 0 saturated heterocycles. The fourth-order valence-electron chi connectivity index (χ4n) is 0. The van der Waals surface area contributed by atoms with Gasteiger partial charge in [0.1, 0.15) is 0 Å². The van der Waals surface area contributed by atoms with Crippen LogP contribution in [0.4, 0.5) is 0 Å². The molecule has 0 unspecified atom stereocenters. The van der Waals surface area contributed by atoms with E-state index in [0.29, 0.717) is 0 Å². The molecule has 0 aliphatic heterocycles. The van der Waals surface area contributed by atoms with Crippen molar-refractivity contribution in [1.82, 2.24) is 12.3 Å². The molecule has 0 amide bonds. The molecule has 5 nitrogen and oxygen atoms in total. The molecule has 0 saturated carbocycles. The van der Waals surface area contributed by atoms with Crippen LogP contribution < -0.4 is 12.3 Å². The minimum atomic E-state index is 0. The fourth-order valence-corrected chi connectivity index (χ4v) is 0. The van der Waals surface area contributed by atoms with Gasteiger partial charge in [0.25, 0.3) is 0 Å². The van der Waals surface area contributed by atoms with Gasteiger partial charge in [-0.1, -0.05) is 0 Å². The van der Waals surface area contributed by atoms with Crippen LogP contribution in [0.15, 0.2) is 0 Å². The molecule has 46 valence electrons. The zero-order valence-electron chi connectivity index (χ0n) is 3.46. The van der Waals surface area contributed by atoms with Crippen LogP contribution in [0.25, 0.3) is 0 Å². The third-order valence-electron chi connectivity index (χ3n) is 0. The first-order chi connectivity index (χ1) is 0. The minimum absolute atomic E-state index is 0. The van der Waals surface area contributed by atoms with Crippen molar-refractivity contribution in [3.8, 4) is 0 Å². The molecule has 0 aromatic heterocycles. The molecule has 0 aromatic carbocycles.